The van der Waals surface area contributed by atoms with Gasteiger partial charge in [0.05, 0.1) is 0 Å². The van der Waals surface area contributed by atoms with Crippen LogP contribution in [-0.4, -0.2) is 6.79 Å². The number of ether oxygens (including phenoxy) is 2. The molecule has 1 aliphatic heterocycles. The molecule has 3 rings (SSSR count). The molecular weight excluding hydrogens is 176 g/mol. The molecule has 2 heteroatoms. The molecule has 0 aliphatic carbocycles. The second-order valence-corrected chi connectivity index (χ2v) is 3.46. The quantitative estimate of drug-likeness (QED) is 0.629. The zero-order valence-corrected chi connectivity index (χ0v) is 7.91. The fourth-order valence-corrected chi connectivity index (χ4v) is 1.92. The number of aryl methyl sites for hydroxylation is 1. The summed E-state index contributed by atoms with van der Waals surface area (Å²) >= 11 is 0. The molecule has 2 nitrogen and oxygen atoms in total. The number of hydrogen-bond acceptors (Lipinski definition) is 2. The van der Waals surface area contributed by atoms with Crippen molar-refractivity contribution in [2.24, 2.45) is 0 Å². The lowest BCUT2D eigenvalue weighted by Gasteiger charge is -2.05. The van der Waals surface area contributed by atoms with E-state index in [1.807, 2.05) is 18.2 Å². The Morgan fingerprint density at radius 3 is 2.93 bits per heavy atom. The van der Waals surface area contributed by atoms with Crippen molar-refractivity contribution in [1.29, 1.82) is 0 Å². The molecule has 2 aromatic rings. The van der Waals surface area contributed by atoms with Gasteiger partial charge < -0.3 is 9.47 Å². The lowest BCUT2D eigenvalue weighted by atomic mass is 10.0. The van der Waals surface area contributed by atoms with Gasteiger partial charge in [0.25, 0.3) is 0 Å². The molecule has 0 bridgehead atoms. The molecule has 1 aliphatic rings. The van der Waals surface area contributed by atoms with Gasteiger partial charge >= 0.3 is 0 Å². The molecule has 0 N–H and O–H groups in total. The molecule has 2 aromatic carbocycles. The Bertz CT molecular complexity index is 503. The van der Waals surface area contributed by atoms with E-state index in [-0.39, 0.29) is 0 Å². The highest BCUT2D eigenvalue weighted by Crippen LogP contribution is 2.39. The maximum absolute atomic E-state index is 5.42. The maximum atomic E-state index is 5.42. The first-order valence-corrected chi connectivity index (χ1v) is 4.64. The topological polar surface area (TPSA) is 18.5 Å². The van der Waals surface area contributed by atoms with E-state index in [9.17, 15) is 0 Å². The van der Waals surface area contributed by atoms with Crippen LogP contribution in [0.2, 0.25) is 0 Å². The van der Waals surface area contributed by atoms with Crippen molar-refractivity contribution in [3.63, 3.8) is 0 Å². The summed E-state index contributed by atoms with van der Waals surface area (Å²) in [5.74, 6) is 1.75. The minimum atomic E-state index is 0.340. The van der Waals surface area contributed by atoms with Gasteiger partial charge in [-0.15, -0.1) is 0 Å². The van der Waals surface area contributed by atoms with Gasteiger partial charge in [-0.25, -0.2) is 0 Å². The third kappa shape index (κ3) is 0.909. The van der Waals surface area contributed by atoms with Crippen molar-refractivity contribution >= 4 is 10.8 Å². The van der Waals surface area contributed by atoms with Crippen LogP contribution in [0, 0.1) is 6.92 Å². The minimum absolute atomic E-state index is 0.340. The molecule has 0 saturated heterocycles. The maximum Gasteiger partial charge on any atom is 0.231 e. The molecule has 14 heavy (non-hydrogen) atoms. The van der Waals surface area contributed by atoms with Crippen molar-refractivity contribution in [1.82, 2.24) is 0 Å². The minimum Gasteiger partial charge on any atom is -0.454 e. The SMILES string of the molecule is Cc1c2c(cc3ccccc13)OCO2. The zero-order valence-electron chi connectivity index (χ0n) is 7.91. The molecular formula is C12H10O2. The molecule has 0 saturated carbocycles. The average Bonchev–Trinajstić information content (AvgIpc) is 2.66. The highest BCUT2D eigenvalue weighted by molar-refractivity contribution is 5.89. The highest BCUT2D eigenvalue weighted by atomic mass is 16.7. The Hall–Kier alpha value is -1.70. The third-order valence-corrected chi connectivity index (χ3v) is 2.63. The number of rotatable bonds is 0. The van der Waals surface area contributed by atoms with Crippen LogP contribution in [0.15, 0.2) is 30.3 Å². The predicted octanol–water partition coefficient (Wildman–Crippen LogP) is 2.88. The lowest BCUT2D eigenvalue weighted by Crippen LogP contribution is -1.93. The van der Waals surface area contributed by atoms with Crippen LogP contribution in [0.5, 0.6) is 11.5 Å². The van der Waals surface area contributed by atoms with Crippen LogP contribution in [-0.2, 0) is 0 Å². The smallest absolute Gasteiger partial charge is 0.231 e. The van der Waals surface area contributed by atoms with Gasteiger partial charge in [-0.1, -0.05) is 24.3 Å². The van der Waals surface area contributed by atoms with Gasteiger partial charge in [-0.2, -0.15) is 0 Å². The Morgan fingerprint density at radius 2 is 2.00 bits per heavy atom. The molecule has 0 atom stereocenters. The van der Waals surface area contributed by atoms with Crippen molar-refractivity contribution < 1.29 is 9.47 Å². The first kappa shape index (κ1) is 7.68. The van der Waals surface area contributed by atoms with Crippen molar-refractivity contribution in [3.8, 4) is 11.5 Å². The summed E-state index contributed by atoms with van der Waals surface area (Å²) in [7, 11) is 0. The largest absolute Gasteiger partial charge is 0.454 e. The van der Waals surface area contributed by atoms with Crippen LogP contribution in [0.3, 0.4) is 0 Å². The van der Waals surface area contributed by atoms with E-state index in [0.717, 1.165) is 17.1 Å². The third-order valence-electron chi connectivity index (χ3n) is 2.63. The normalized spacial score (nSPS) is 13.5. The standard InChI is InChI=1S/C12H10O2/c1-8-10-5-3-2-4-9(10)6-11-12(8)14-7-13-11/h2-6H,7H2,1H3. The van der Waals surface area contributed by atoms with E-state index in [4.69, 9.17) is 9.47 Å². The second kappa shape index (κ2) is 2.64. The van der Waals surface area contributed by atoms with Crippen LogP contribution in [0.1, 0.15) is 5.56 Å². The Labute approximate surface area is 82.1 Å². The van der Waals surface area contributed by atoms with Gasteiger partial charge in [0.15, 0.2) is 11.5 Å². The molecule has 0 unspecified atom stereocenters. The summed E-state index contributed by atoms with van der Waals surface area (Å²) in [5.41, 5.74) is 1.16. The average molecular weight is 186 g/mol. The summed E-state index contributed by atoms with van der Waals surface area (Å²) in [6.45, 7) is 2.41. The number of benzene rings is 2. The van der Waals surface area contributed by atoms with Crippen LogP contribution in [0.4, 0.5) is 0 Å². The van der Waals surface area contributed by atoms with E-state index in [1.165, 1.54) is 10.8 Å². The summed E-state index contributed by atoms with van der Waals surface area (Å²) in [5, 5.41) is 2.44. The van der Waals surface area contributed by atoms with Gasteiger partial charge in [0.1, 0.15) is 0 Å². The fraction of sp³-hybridized carbons (Fsp3) is 0.167. The summed E-state index contributed by atoms with van der Waals surface area (Å²) in [6, 6.07) is 10.3. The van der Waals surface area contributed by atoms with E-state index < -0.39 is 0 Å². The second-order valence-electron chi connectivity index (χ2n) is 3.46. The van der Waals surface area contributed by atoms with Gasteiger partial charge in [-0.3, -0.25) is 0 Å². The first-order valence-electron chi connectivity index (χ1n) is 4.64. The monoisotopic (exact) mass is 186 g/mol. The summed E-state index contributed by atoms with van der Waals surface area (Å²) in [4.78, 5) is 0. The van der Waals surface area contributed by atoms with E-state index in [1.54, 1.807) is 0 Å². The van der Waals surface area contributed by atoms with Crippen LogP contribution in [0.25, 0.3) is 10.8 Å². The van der Waals surface area contributed by atoms with Gasteiger partial charge in [-0.05, 0) is 23.8 Å². The molecule has 0 amide bonds. The fourth-order valence-electron chi connectivity index (χ4n) is 1.92. The number of hydrogen-bond donors (Lipinski definition) is 0. The van der Waals surface area contributed by atoms with Crippen molar-refractivity contribution in [2.45, 2.75) is 6.92 Å². The van der Waals surface area contributed by atoms with E-state index in [2.05, 4.69) is 19.1 Å². The van der Waals surface area contributed by atoms with E-state index in [0.29, 0.717) is 6.79 Å². The van der Waals surface area contributed by atoms with Crippen LogP contribution >= 0.6 is 0 Å². The summed E-state index contributed by atoms with van der Waals surface area (Å²) < 4.78 is 10.8. The lowest BCUT2D eigenvalue weighted by molar-refractivity contribution is 0.173. The van der Waals surface area contributed by atoms with Gasteiger partial charge in [0.2, 0.25) is 6.79 Å². The summed E-state index contributed by atoms with van der Waals surface area (Å²) in [6.07, 6.45) is 0. The molecule has 0 fully saturated rings. The van der Waals surface area contributed by atoms with Gasteiger partial charge in [0, 0.05) is 5.56 Å². The predicted molar refractivity (Wildman–Crippen MR) is 54.8 cm³/mol. The number of fused-ring (bicyclic) bond motifs is 2. The Kier molecular flexibility index (Phi) is 1.45. The van der Waals surface area contributed by atoms with Crippen molar-refractivity contribution in [3.05, 3.63) is 35.9 Å². The van der Waals surface area contributed by atoms with Crippen molar-refractivity contribution in [2.75, 3.05) is 6.79 Å². The molecule has 0 spiro atoms. The Balaban J connectivity index is 2.44. The molecule has 0 aromatic heterocycles. The zero-order chi connectivity index (χ0) is 9.54. The van der Waals surface area contributed by atoms with E-state index >= 15 is 0 Å². The molecule has 0 radical (unpaired) electrons. The highest BCUT2D eigenvalue weighted by Gasteiger charge is 2.17. The Morgan fingerprint density at radius 1 is 1.14 bits per heavy atom. The van der Waals surface area contributed by atoms with Crippen LogP contribution < -0.4 is 9.47 Å². The first-order chi connectivity index (χ1) is 6.86. The molecule has 70 valence electrons. The molecule has 1 heterocycles.